The molecule has 1 aromatic heterocycles. The molecule has 7 nitrogen and oxygen atoms in total. The second-order valence-electron chi connectivity index (χ2n) is 3.70. The third-order valence-electron chi connectivity index (χ3n) is 1.60. The Hall–Kier alpha value is -1.09. The van der Waals surface area contributed by atoms with Gasteiger partial charge in [0.25, 0.3) is 5.16 Å². The quantitative estimate of drug-likeness (QED) is 0.639. The fourth-order valence-electron chi connectivity index (χ4n) is 0.677. The van der Waals surface area contributed by atoms with Gasteiger partial charge in [-0.05, 0) is 20.8 Å². The maximum atomic E-state index is 11.8. The molecule has 15 heavy (non-hydrogen) atoms. The zero-order valence-electron chi connectivity index (χ0n) is 8.38. The van der Waals surface area contributed by atoms with Gasteiger partial charge in [-0.15, -0.1) is 4.91 Å². The van der Waals surface area contributed by atoms with Crippen molar-refractivity contribution in [3.8, 4) is 0 Å². The summed E-state index contributed by atoms with van der Waals surface area (Å²) in [4.78, 5) is 13.5. The summed E-state index contributed by atoms with van der Waals surface area (Å²) in [6, 6.07) is 0. The average molecular weight is 250 g/mol. The first-order valence-electron chi connectivity index (χ1n) is 3.96. The van der Waals surface area contributed by atoms with E-state index in [9.17, 15) is 13.3 Å². The molecule has 1 heterocycles. The molecule has 0 unspecified atom stereocenters. The molecule has 0 bridgehead atoms. The van der Waals surface area contributed by atoms with Gasteiger partial charge in [-0.3, -0.25) is 0 Å². The standard InChI is InChI=1S/C6H10N4O3S2/c1-6(2,3)15(12,13)5-7-4(8-10-11)14-9-5/h1-3H3,(H,7,8,9,11). The van der Waals surface area contributed by atoms with Crippen molar-refractivity contribution >= 4 is 26.5 Å². The van der Waals surface area contributed by atoms with E-state index in [1.165, 1.54) is 0 Å². The van der Waals surface area contributed by atoms with Gasteiger partial charge < -0.3 is 0 Å². The SMILES string of the molecule is CC(C)(C)S(=O)(=O)c1nsc(NN=O)n1. The highest BCUT2D eigenvalue weighted by Crippen LogP contribution is 2.24. The molecule has 0 atom stereocenters. The molecule has 0 saturated carbocycles. The number of hydrogen-bond donors (Lipinski definition) is 1. The Bertz CT molecular complexity index is 459. The van der Waals surface area contributed by atoms with Crippen molar-refractivity contribution in [1.29, 1.82) is 0 Å². The molecule has 1 aromatic rings. The van der Waals surface area contributed by atoms with Crippen molar-refractivity contribution < 1.29 is 8.42 Å². The van der Waals surface area contributed by atoms with E-state index in [4.69, 9.17) is 0 Å². The molecular formula is C6H10N4O3S2. The van der Waals surface area contributed by atoms with Gasteiger partial charge >= 0.3 is 0 Å². The van der Waals surface area contributed by atoms with E-state index in [1.807, 2.05) is 5.43 Å². The summed E-state index contributed by atoms with van der Waals surface area (Å²) in [5.41, 5.74) is 2.00. The monoisotopic (exact) mass is 250 g/mol. The van der Waals surface area contributed by atoms with Crippen LogP contribution in [0.2, 0.25) is 0 Å². The van der Waals surface area contributed by atoms with Crippen molar-refractivity contribution in [3.05, 3.63) is 4.91 Å². The summed E-state index contributed by atoms with van der Waals surface area (Å²) in [5, 5.41) is 2.15. The van der Waals surface area contributed by atoms with Crippen molar-refractivity contribution in [3.63, 3.8) is 0 Å². The molecule has 1 N–H and O–H groups in total. The van der Waals surface area contributed by atoms with Crippen molar-refractivity contribution in [1.82, 2.24) is 9.36 Å². The van der Waals surface area contributed by atoms with Crippen molar-refractivity contribution in [2.75, 3.05) is 5.43 Å². The maximum absolute atomic E-state index is 11.8. The molecule has 9 heteroatoms. The predicted octanol–water partition coefficient (Wildman–Crippen LogP) is 1.20. The zero-order chi connectivity index (χ0) is 11.7. The van der Waals surface area contributed by atoms with Crippen LogP contribution in [-0.2, 0) is 9.84 Å². The van der Waals surface area contributed by atoms with E-state index in [-0.39, 0.29) is 10.3 Å². The van der Waals surface area contributed by atoms with Crippen LogP contribution >= 0.6 is 11.5 Å². The summed E-state index contributed by atoms with van der Waals surface area (Å²) in [6.07, 6.45) is 0. The third-order valence-corrected chi connectivity index (χ3v) is 4.61. The average Bonchev–Trinajstić information content (AvgIpc) is 2.51. The molecule has 0 fully saturated rings. The Labute approximate surface area is 91.0 Å². The summed E-state index contributed by atoms with van der Waals surface area (Å²) < 4.78 is 26.3. The second-order valence-corrected chi connectivity index (χ2v) is 7.05. The lowest BCUT2D eigenvalue weighted by molar-refractivity contribution is 0.553. The lowest BCUT2D eigenvalue weighted by Crippen LogP contribution is -2.28. The number of nitrogens with one attached hydrogen (secondary N) is 1. The summed E-state index contributed by atoms with van der Waals surface area (Å²) >= 11 is 0.772. The fraction of sp³-hybridized carbons (Fsp3) is 0.667. The minimum atomic E-state index is -3.57. The number of nitrogens with zero attached hydrogens (tertiary/aromatic N) is 3. The Kier molecular flexibility index (Phi) is 3.05. The maximum Gasteiger partial charge on any atom is 0.261 e. The number of anilines is 1. The Morgan fingerprint density at radius 2 is 2.00 bits per heavy atom. The van der Waals surface area contributed by atoms with Crippen LogP contribution in [0.15, 0.2) is 10.4 Å². The molecule has 0 aromatic carbocycles. The lowest BCUT2D eigenvalue weighted by Gasteiger charge is -2.15. The van der Waals surface area contributed by atoms with Crippen LogP contribution < -0.4 is 5.43 Å². The second kappa shape index (κ2) is 3.81. The smallest absolute Gasteiger partial charge is 0.220 e. The van der Waals surface area contributed by atoms with E-state index in [1.54, 1.807) is 20.8 Å². The molecule has 0 saturated heterocycles. The van der Waals surface area contributed by atoms with Gasteiger partial charge in [0.15, 0.2) is 0 Å². The number of hydrogen-bond acceptors (Lipinski definition) is 7. The molecule has 0 spiro atoms. The summed E-state index contributed by atoms with van der Waals surface area (Å²) in [6.45, 7) is 4.65. The lowest BCUT2D eigenvalue weighted by atomic mass is 10.3. The Morgan fingerprint density at radius 3 is 2.47 bits per heavy atom. The van der Waals surface area contributed by atoms with Gasteiger partial charge in [-0.2, -0.15) is 9.36 Å². The number of aromatic nitrogens is 2. The molecular weight excluding hydrogens is 240 g/mol. The highest BCUT2D eigenvalue weighted by molar-refractivity contribution is 7.92. The zero-order valence-corrected chi connectivity index (χ0v) is 10.0. The van der Waals surface area contributed by atoms with Crippen molar-refractivity contribution in [2.24, 2.45) is 5.29 Å². The summed E-state index contributed by atoms with van der Waals surface area (Å²) in [5.74, 6) is 0. The van der Waals surface area contributed by atoms with E-state index in [0.717, 1.165) is 11.5 Å². The molecule has 0 aliphatic rings. The first-order chi connectivity index (χ1) is 6.79. The van der Waals surface area contributed by atoms with Crippen LogP contribution in [-0.4, -0.2) is 22.5 Å². The minimum Gasteiger partial charge on any atom is -0.220 e. The van der Waals surface area contributed by atoms with Crippen LogP contribution in [0.4, 0.5) is 5.13 Å². The number of nitroso groups, excluding NO2 is 1. The van der Waals surface area contributed by atoms with Crippen LogP contribution in [0.5, 0.6) is 0 Å². The van der Waals surface area contributed by atoms with Gasteiger partial charge in [-0.1, -0.05) is 0 Å². The third kappa shape index (κ3) is 2.29. The molecule has 0 aliphatic heterocycles. The predicted molar refractivity (Wildman–Crippen MR) is 56.3 cm³/mol. The van der Waals surface area contributed by atoms with Gasteiger partial charge in [0.2, 0.25) is 15.0 Å². The Balaban J connectivity index is 3.12. The van der Waals surface area contributed by atoms with Crippen LogP contribution in [0, 0.1) is 4.91 Å². The van der Waals surface area contributed by atoms with Gasteiger partial charge in [0.05, 0.1) is 10.0 Å². The summed E-state index contributed by atoms with van der Waals surface area (Å²) in [7, 11) is -3.57. The Morgan fingerprint density at radius 1 is 1.40 bits per heavy atom. The van der Waals surface area contributed by atoms with Crippen LogP contribution in [0.25, 0.3) is 0 Å². The highest BCUT2D eigenvalue weighted by atomic mass is 32.2. The molecule has 0 amide bonds. The van der Waals surface area contributed by atoms with Crippen LogP contribution in [0.1, 0.15) is 20.8 Å². The molecule has 1 rings (SSSR count). The minimum absolute atomic E-state index is 0.0628. The van der Waals surface area contributed by atoms with E-state index >= 15 is 0 Å². The van der Waals surface area contributed by atoms with E-state index in [0.29, 0.717) is 0 Å². The number of rotatable bonds is 3. The first-order valence-corrected chi connectivity index (χ1v) is 6.21. The van der Waals surface area contributed by atoms with Crippen LogP contribution in [0.3, 0.4) is 0 Å². The normalized spacial score (nSPS) is 12.5. The van der Waals surface area contributed by atoms with Gasteiger partial charge in [0, 0.05) is 11.5 Å². The highest BCUT2D eigenvalue weighted by Gasteiger charge is 2.34. The van der Waals surface area contributed by atoms with Gasteiger partial charge in [-0.25, -0.2) is 13.8 Å². The van der Waals surface area contributed by atoms with Crippen molar-refractivity contribution in [2.45, 2.75) is 30.7 Å². The number of sulfone groups is 1. The first kappa shape index (κ1) is 12.0. The fourth-order valence-corrected chi connectivity index (χ4v) is 2.41. The topological polar surface area (TPSA) is 101 Å². The largest absolute Gasteiger partial charge is 0.261 e. The van der Waals surface area contributed by atoms with E-state index in [2.05, 4.69) is 14.6 Å². The molecule has 84 valence electrons. The molecule has 0 aliphatic carbocycles. The van der Waals surface area contributed by atoms with Gasteiger partial charge in [0.1, 0.15) is 0 Å². The van der Waals surface area contributed by atoms with E-state index < -0.39 is 14.6 Å². The molecule has 0 radical (unpaired) electrons.